The Bertz CT molecular complexity index is 482. The van der Waals surface area contributed by atoms with Gasteiger partial charge in [0.15, 0.2) is 5.25 Å². The van der Waals surface area contributed by atoms with Crippen LogP contribution in [0.25, 0.3) is 0 Å². The Balaban J connectivity index is -0.000000307. The minimum atomic E-state index is -4.84. The van der Waals surface area contributed by atoms with Crippen molar-refractivity contribution in [1.82, 2.24) is 0 Å². The van der Waals surface area contributed by atoms with Gasteiger partial charge in [0.25, 0.3) is 16.1 Å². The first kappa shape index (κ1) is 25.7. The zero-order valence-corrected chi connectivity index (χ0v) is 13.2. The fourth-order valence-electron chi connectivity index (χ4n) is 0.713. The third-order valence-corrected chi connectivity index (χ3v) is 2.55. The number of aliphatic carboxylic acids is 3. The maximum atomic E-state index is 10.2. The molecule has 4 N–H and O–H groups in total. The molecule has 1 unspecified atom stereocenters. The SMILES string of the molecule is C=CCOCC=C.CC(=O)O.O=C(O)CC(C(=O)O)S(=O)(=O)O. The molecular formula is C12H20O10S. The van der Waals surface area contributed by atoms with Gasteiger partial charge < -0.3 is 20.1 Å². The summed E-state index contributed by atoms with van der Waals surface area (Å²) in [5.41, 5.74) is 0. The lowest BCUT2D eigenvalue weighted by Crippen LogP contribution is -2.31. The second kappa shape index (κ2) is 14.7. The Morgan fingerprint density at radius 3 is 1.57 bits per heavy atom. The van der Waals surface area contributed by atoms with E-state index in [9.17, 15) is 18.0 Å². The molecule has 0 fully saturated rings. The quantitative estimate of drug-likeness (QED) is 0.268. The summed E-state index contributed by atoms with van der Waals surface area (Å²) in [5.74, 6) is -4.33. The van der Waals surface area contributed by atoms with Crippen LogP contribution in [0.3, 0.4) is 0 Å². The van der Waals surface area contributed by atoms with Crippen LogP contribution < -0.4 is 0 Å². The first-order valence-electron chi connectivity index (χ1n) is 5.80. The van der Waals surface area contributed by atoms with E-state index in [-0.39, 0.29) is 0 Å². The summed E-state index contributed by atoms with van der Waals surface area (Å²) in [4.78, 5) is 29.0. The fourth-order valence-corrected chi connectivity index (χ4v) is 1.32. The smallest absolute Gasteiger partial charge is 0.325 e. The third kappa shape index (κ3) is 25.1. The average Bonchev–Trinajstić information content (AvgIpc) is 2.35. The molecule has 134 valence electrons. The average molecular weight is 356 g/mol. The first-order chi connectivity index (χ1) is 10.4. The van der Waals surface area contributed by atoms with Crippen molar-refractivity contribution in [2.24, 2.45) is 0 Å². The summed E-state index contributed by atoms with van der Waals surface area (Å²) >= 11 is 0. The lowest BCUT2D eigenvalue weighted by molar-refractivity contribution is -0.143. The zero-order valence-electron chi connectivity index (χ0n) is 12.4. The summed E-state index contributed by atoms with van der Waals surface area (Å²) in [6.45, 7) is 9.26. The van der Waals surface area contributed by atoms with Crippen LogP contribution in [-0.4, -0.2) is 64.7 Å². The summed E-state index contributed by atoms with van der Waals surface area (Å²) in [6, 6.07) is 0. The van der Waals surface area contributed by atoms with Crippen LogP contribution in [0.1, 0.15) is 13.3 Å². The Labute approximate surface area is 133 Å². The summed E-state index contributed by atoms with van der Waals surface area (Å²) in [5, 5.41) is 21.3. The molecule has 0 aromatic rings. The zero-order chi connectivity index (χ0) is 19.1. The largest absolute Gasteiger partial charge is 0.481 e. The van der Waals surface area contributed by atoms with Gasteiger partial charge in [0.05, 0.1) is 19.6 Å². The summed E-state index contributed by atoms with van der Waals surface area (Å²) in [6.07, 6.45) is 2.27. The van der Waals surface area contributed by atoms with Gasteiger partial charge in [0, 0.05) is 6.92 Å². The molecule has 0 aromatic heterocycles. The summed E-state index contributed by atoms with van der Waals surface area (Å²) < 4.78 is 33.6. The predicted molar refractivity (Wildman–Crippen MR) is 79.7 cm³/mol. The monoisotopic (exact) mass is 356 g/mol. The van der Waals surface area contributed by atoms with Gasteiger partial charge in [0.2, 0.25) is 0 Å². The molecule has 11 heteroatoms. The number of rotatable bonds is 8. The van der Waals surface area contributed by atoms with Crippen molar-refractivity contribution in [1.29, 1.82) is 0 Å². The van der Waals surface area contributed by atoms with Crippen molar-refractivity contribution in [3.05, 3.63) is 25.3 Å². The van der Waals surface area contributed by atoms with E-state index >= 15 is 0 Å². The standard InChI is InChI=1S/C6H10O.C4H6O7S.C2H4O2/c1-3-5-7-6-4-2;5-3(6)1-2(4(7)8)12(9,10)11;1-2(3)4/h3-4H,1-2,5-6H2;2H,1H2,(H,5,6)(H,7,8)(H,9,10,11);1H3,(H,3,4). The summed E-state index contributed by atoms with van der Waals surface area (Å²) in [7, 11) is -4.84. The second-order valence-corrected chi connectivity index (χ2v) is 5.17. The highest BCUT2D eigenvalue weighted by Gasteiger charge is 2.33. The lowest BCUT2D eigenvalue weighted by Gasteiger charge is -2.04. The van der Waals surface area contributed by atoms with E-state index in [4.69, 9.17) is 29.4 Å². The van der Waals surface area contributed by atoms with Crippen LogP contribution >= 0.6 is 0 Å². The van der Waals surface area contributed by atoms with E-state index in [0.717, 1.165) is 6.92 Å². The van der Waals surface area contributed by atoms with Crippen molar-refractivity contribution in [2.45, 2.75) is 18.6 Å². The van der Waals surface area contributed by atoms with Gasteiger partial charge in [-0.15, -0.1) is 13.2 Å². The minimum Gasteiger partial charge on any atom is -0.481 e. The second-order valence-electron chi connectivity index (χ2n) is 3.57. The molecule has 0 rings (SSSR count). The lowest BCUT2D eigenvalue weighted by atomic mass is 10.3. The van der Waals surface area contributed by atoms with Crippen LogP contribution in [0.4, 0.5) is 0 Å². The van der Waals surface area contributed by atoms with Crippen molar-refractivity contribution >= 4 is 28.0 Å². The van der Waals surface area contributed by atoms with Crippen molar-refractivity contribution < 1.29 is 47.4 Å². The van der Waals surface area contributed by atoms with E-state index in [1.165, 1.54) is 0 Å². The van der Waals surface area contributed by atoms with Gasteiger partial charge in [-0.3, -0.25) is 18.9 Å². The molecule has 0 aliphatic carbocycles. The van der Waals surface area contributed by atoms with Crippen LogP contribution in [0.15, 0.2) is 25.3 Å². The molecule has 0 aliphatic heterocycles. The van der Waals surface area contributed by atoms with Gasteiger partial charge >= 0.3 is 11.9 Å². The number of ether oxygens (including phenoxy) is 1. The normalized spacial score (nSPS) is 10.7. The number of carboxylic acid groups (broad SMARTS) is 3. The maximum absolute atomic E-state index is 10.2. The Kier molecular flexibility index (Phi) is 16.4. The van der Waals surface area contributed by atoms with Gasteiger partial charge in [-0.25, -0.2) is 0 Å². The van der Waals surface area contributed by atoms with Crippen LogP contribution in [0, 0.1) is 0 Å². The Hall–Kier alpha value is -2.24. The van der Waals surface area contributed by atoms with Gasteiger partial charge in [-0.05, 0) is 0 Å². The van der Waals surface area contributed by atoms with Gasteiger partial charge in [0.1, 0.15) is 0 Å². The molecule has 0 spiro atoms. The van der Waals surface area contributed by atoms with Crippen LogP contribution in [-0.2, 0) is 29.2 Å². The molecule has 0 amide bonds. The van der Waals surface area contributed by atoms with Gasteiger partial charge in [-0.2, -0.15) is 8.42 Å². The minimum absolute atomic E-state index is 0.617. The predicted octanol–water partition coefficient (Wildman–Crippen LogP) is 0.268. The highest BCUT2D eigenvalue weighted by Crippen LogP contribution is 2.04. The van der Waals surface area contributed by atoms with Crippen molar-refractivity contribution in [3.63, 3.8) is 0 Å². The Morgan fingerprint density at radius 1 is 1.09 bits per heavy atom. The number of hydrogen-bond acceptors (Lipinski definition) is 6. The molecule has 0 saturated heterocycles. The first-order valence-corrected chi connectivity index (χ1v) is 7.30. The maximum Gasteiger partial charge on any atom is 0.325 e. The van der Waals surface area contributed by atoms with Crippen molar-refractivity contribution in [2.75, 3.05) is 13.2 Å². The molecule has 0 aromatic carbocycles. The molecular weight excluding hydrogens is 336 g/mol. The number of carboxylic acids is 3. The molecule has 0 radical (unpaired) electrons. The van der Waals surface area contributed by atoms with E-state index in [1.807, 2.05) is 0 Å². The van der Waals surface area contributed by atoms with Crippen LogP contribution in [0.5, 0.6) is 0 Å². The van der Waals surface area contributed by atoms with Gasteiger partial charge in [-0.1, -0.05) is 12.2 Å². The number of hydrogen-bond donors (Lipinski definition) is 4. The molecule has 0 aliphatic rings. The molecule has 0 saturated carbocycles. The van der Waals surface area contributed by atoms with Crippen molar-refractivity contribution in [3.8, 4) is 0 Å². The molecule has 10 nitrogen and oxygen atoms in total. The van der Waals surface area contributed by atoms with E-state index in [0.29, 0.717) is 13.2 Å². The Morgan fingerprint density at radius 2 is 1.43 bits per heavy atom. The van der Waals surface area contributed by atoms with E-state index in [1.54, 1.807) is 12.2 Å². The fraction of sp³-hybridized carbons (Fsp3) is 0.417. The van der Waals surface area contributed by atoms with Crippen LogP contribution in [0.2, 0.25) is 0 Å². The molecule has 0 heterocycles. The van der Waals surface area contributed by atoms with E-state index in [2.05, 4.69) is 13.2 Å². The molecule has 1 atom stereocenters. The molecule has 23 heavy (non-hydrogen) atoms. The number of carbonyl (C=O) groups is 3. The highest BCUT2D eigenvalue weighted by molar-refractivity contribution is 7.87. The van der Waals surface area contributed by atoms with E-state index < -0.39 is 39.7 Å². The topological polar surface area (TPSA) is 176 Å². The third-order valence-electron chi connectivity index (χ3n) is 1.47. The molecule has 0 bridgehead atoms. The highest BCUT2D eigenvalue weighted by atomic mass is 32.2.